The molecule has 0 saturated heterocycles. The number of benzene rings is 9. The molecule has 11 aromatic rings. The van der Waals surface area contributed by atoms with Crippen molar-refractivity contribution in [2.45, 2.75) is 0 Å². The van der Waals surface area contributed by atoms with Crippen molar-refractivity contribution in [3.05, 3.63) is 200 Å². The number of hydrogen-bond acceptors (Lipinski definition) is 3. The van der Waals surface area contributed by atoms with E-state index < -0.39 is 0 Å². The lowest BCUT2D eigenvalue weighted by atomic mass is 9.92. The molecule has 1 nitrogen and oxygen atoms in total. The zero-order chi connectivity index (χ0) is 36.3. The van der Waals surface area contributed by atoms with Gasteiger partial charge in [-0.3, -0.25) is 0 Å². The third-order valence-electron chi connectivity index (χ3n) is 10.9. The van der Waals surface area contributed by atoms with E-state index in [0.29, 0.717) is 0 Å². The van der Waals surface area contributed by atoms with Gasteiger partial charge in [-0.05, 0) is 87.1 Å². The van der Waals surface area contributed by atoms with Gasteiger partial charge in [-0.15, -0.1) is 22.7 Å². The fourth-order valence-corrected chi connectivity index (χ4v) is 10.7. The number of nitrogens with zero attached hydrogens (tertiary/aromatic N) is 1. The Hall–Kier alpha value is -6.52. The smallest absolute Gasteiger partial charge is 0.0555 e. The maximum absolute atomic E-state index is 2.43. The van der Waals surface area contributed by atoms with Crippen molar-refractivity contribution >= 4 is 90.9 Å². The lowest BCUT2D eigenvalue weighted by Gasteiger charge is -2.27. The van der Waals surface area contributed by atoms with Gasteiger partial charge < -0.3 is 4.90 Å². The minimum atomic E-state index is 1.12. The molecule has 11 rings (SSSR count). The van der Waals surface area contributed by atoms with E-state index in [9.17, 15) is 0 Å². The number of rotatable bonds is 6. The zero-order valence-corrected chi connectivity index (χ0v) is 31.4. The molecule has 0 amide bonds. The van der Waals surface area contributed by atoms with Crippen LogP contribution in [-0.4, -0.2) is 0 Å². The maximum Gasteiger partial charge on any atom is 0.0555 e. The minimum Gasteiger partial charge on any atom is -0.310 e. The predicted molar refractivity (Wildman–Crippen MR) is 241 cm³/mol. The SMILES string of the molecule is c1ccc(N(c2ccc(-c3cccc4ccccc34)cc2)c2ccc(-c3ccccc3-c3ccc4c(c3)sc3ccccc34)c3sc4ccccc4c23)cc1. The van der Waals surface area contributed by atoms with Gasteiger partial charge in [-0.2, -0.15) is 0 Å². The van der Waals surface area contributed by atoms with E-state index in [1.54, 1.807) is 0 Å². The van der Waals surface area contributed by atoms with E-state index in [-0.39, 0.29) is 0 Å². The topological polar surface area (TPSA) is 3.24 Å². The number of fused-ring (bicyclic) bond motifs is 7. The van der Waals surface area contributed by atoms with Crippen molar-refractivity contribution in [1.82, 2.24) is 0 Å². The van der Waals surface area contributed by atoms with E-state index in [1.807, 2.05) is 22.7 Å². The summed E-state index contributed by atoms with van der Waals surface area (Å²) in [6.45, 7) is 0. The first-order valence-electron chi connectivity index (χ1n) is 18.7. The quantitative estimate of drug-likeness (QED) is 0.164. The van der Waals surface area contributed by atoms with E-state index >= 15 is 0 Å². The van der Waals surface area contributed by atoms with Gasteiger partial charge in [0.2, 0.25) is 0 Å². The highest BCUT2D eigenvalue weighted by Crippen LogP contribution is 2.50. The Kier molecular flexibility index (Phi) is 7.61. The summed E-state index contributed by atoms with van der Waals surface area (Å²) in [5.74, 6) is 0. The highest BCUT2D eigenvalue weighted by atomic mass is 32.1. The molecule has 0 spiro atoms. The highest BCUT2D eigenvalue weighted by molar-refractivity contribution is 7.26. The van der Waals surface area contributed by atoms with Gasteiger partial charge in [0.15, 0.2) is 0 Å². The first kappa shape index (κ1) is 32.0. The van der Waals surface area contributed by atoms with Crippen molar-refractivity contribution < 1.29 is 0 Å². The first-order valence-corrected chi connectivity index (χ1v) is 20.3. The molecule has 2 aromatic heterocycles. The maximum atomic E-state index is 2.43. The molecule has 0 bridgehead atoms. The average molecular weight is 736 g/mol. The molecule has 0 atom stereocenters. The molecule has 9 aromatic carbocycles. The fraction of sp³-hybridized carbons (Fsp3) is 0. The van der Waals surface area contributed by atoms with Crippen molar-refractivity contribution in [3.8, 4) is 33.4 Å². The molecule has 0 unspecified atom stereocenters. The standard InChI is InChI=1S/C52H33NS2/c1-2-15-37(16-3-1)53(38-28-25-35(26-29-38)40-22-12-14-34-13-4-5-17-39(34)40)47-32-31-45(52-51(47)46-21-9-11-24-49(46)55-52)42-19-7-6-18-41(42)36-27-30-44-43-20-8-10-23-48(43)54-50(44)33-36/h1-33H. The van der Waals surface area contributed by atoms with Gasteiger partial charge in [0.1, 0.15) is 0 Å². The van der Waals surface area contributed by atoms with Crippen LogP contribution in [0.15, 0.2) is 200 Å². The second-order valence-electron chi connectivity index (χ2n) is 14.0. The van der Waals surface area contributed by atoms with Crippen LogP contribution in [0.3, 0.4) is 0 Å². The molecule has 258 valence electrons. The Morgan fingerprint density at radius 3 is 1.76 bits per heavy atom. The molecule has 2 heterocycles. The first-order chi connectivity index (χ1) is 27.3. The van der Waals surface area contributed by atoms with Crippen molar-refractivity contribution in [3.63, 3.8) is 0 Å². The summed E-state index contributed by atoms with van der Waals surface area (Å²) >= 11 is 3.77. The Morgan fingerprint density at radius 1 is 0.327 bits per heavy atom. The van der Waals surface area contributed by atoms with Crippen LogP contribution in [0.2, 0.25) is 0 Å². The van der Waals surface area contributed by atoms with Crippen LogP contribution in [0, 0.1) is 0 Å². The lowest BCUT2D eigenvalue weighted by Crippen LogP contribution is -2.10. The second kappa shape index (κ2) is 13.1. The van der Waals surface area contributed by atoms with Gasteiger partial charge in [0.25, 0.3) is 0 Å². The van der Waals surface area contributed by atoms with Crippen LogP contribution in [0.25, 0.3) is 84.5 Å². The van der Waals surface area contributed by atoms with E-state index in [4.69, 9.17) is 0 Å². The van der Waals surface area contributed by atoms with Gasteiger partial charge in [0.05, 0.1) is 5.69 Å². The summed E-state index contributed by atoms with van der Waals surface area (Å²) in [6, 6.07) is 73.3. The van der Waals surface area contributed by atoms with Crippen LogP contribution in [-0.2, 0) is 0 Å². The third-order valence-corrected chi connectivity index (χ3v) is 13.2. The van der Waals surface area contributed by atoms with Crippen molar-refractivity contribution in [2.24, 2.45) is 0 Å². The molecule has 0 aliphatic rings. The van der Waals surface area contributed by atoms with Gasteiger partial charge in [0, 0.05) is 57.3 Å². The van der Waals surface area contributed by atoms with E-state index in [1.165, 1.54) is 90.2 Å². The van der Waals surface area contributed by atoms with Gasteiger partial charge in [-0.1, -0.05) is 152 Å². The fourth-order valence-electron chi connectivity index (χ4n) is 8.34. The number of para-hydroxylation sites is 1. The highest BCUT2D eigenvalue weighted by Gasteiger charge is 2.22. The third kappa shape index (κ3) is 5.35. The molecule has 0 aliphatic heterocycles. The molecular formula is C52H33NS2. The van der Waals surface area contributed by atoms with Crippen molar-refractivity contribution in [2.75, 3.05) is 4.90 Å². The summed E-state index contributed by atoms with van der Waals surface area (Å²) in [4.78, 5) is 2.43. The largest absolute Gasteiger partial charge is 0.310 e. The Bertz CT molecular complexity index is 3200. The van der Waals surface area contributed by atoms with E-state index in [0.717, 1.165) is 11.4 Å². The summed E-state index contributed by atoms with van der Waals surface area (Å²) in [5, 5.41) is 7.72. The molecular weight excluding hydrogens is 703 g/mol. The number of anilines is 3. The molecule has 3 heteroatoms. The van der Waals surface area contributed by atoms with Crippen LogP contribution in [0.5, 0.6) is 0 Å². The monoisotopic (exact) mass is 735 g/mol. The van der Waals surface area contributed by atoms with Crippen LogP contribution < -0.4 is 4.90 Å². The van der Waals surface area contributed by atoms with Crippen LogP contribution in [0.4, 0.5) is 17.1 Å². The normalized spacial score (nSPS) is 11.6. The van der Waals surface area contributed by atoms with E-state index in [2.05, 4.69) is 205 Å². The Balaban J connectivity index is 1.10. The van der Waals surface area contributed by atoms with Crippen LogP contribution in [0.1, 0.15) is 0 Å². The molecule has 0 aliphatic carbocycles. The summed E-state index contributed by atoms with van der Waals surface area (Å²) in [6.07, 6.45) is 0. The average Bonchev–Trinajstić information content (AvgIpc) is 3.83. The summed E-state index contributed by atoms with van der Waals surface area (Å²) in [5.41, 5.74) is 10.9. The predicted octanol–water partition coefficient (Wildman–Crippen LogP) is 16.0. The summed E-state index contributed by atoms with van der Waals surface area (Å²) in [7, 11) is 0. The summed E-state index contributed by atoms with van der Waals surface area (Å²) < 4.78 is 5.23. The Labute approximate surface area is 327 Å². The second-order valence-corrected chi connectivity index (χ2v) is 16.2. The lowest BCUT2D eigenvalue weighted by molar-refractivity contribution is 1.30. The van der Waals surface area contributed by atoms with Gasteiger partial charge in [-0.25, -0.2) is 0 Å². The zero-order valence-electron chi connectivity index (χ0n) is 29.8. The molecule has 0 radical (unpaired) electrons. The minimum absolute atomic E-state index is 1.12. The Morgan fingerprint density at radius 2 is 0.927 bits per heavy atom. The molecule has 0 saturated carbocycles. The molecule has 0 fully saturated rings. The van der Waals surface area contributed by atoms with Crippen LogP contribution >= 0.6 is 22.7 Å². The molecule has 55 heavy (non-hydrogen) atoms. The number of hydrogen-bond donors (Lipinski definition) is 0. The number of thiophene rings is 2. The molecule has 0 N–H and O–H groups in total. The van der Waals surface area contributed by atoms with Crippen molar-refractivity contribution in [1.29, 1.82) is 0 Å². The van der Waals surface area contributed by atoms with Gasteiger partial charge >= 0.3 is 0 Å².